The lowest BCUT2D eigenvalue weighted by Crippen LogP contribution is -2.19. The van der Waals surface area contributed by atoms with Gasteiger partial charge < -0.3 is 15.2 Å². The normalized spacial score (nSPS) is 15.0. The molecule has 0 bridgehead atoms. The largest absolute Gasteiger partial charge is 0.379 e. The molecule has 1 fully saturated rings. The number of aromatic amines is 1. The Kier molecular flexibility index (Phi) is 3.22. The molecular weight excluding hydrogens is 222 g/mol. The maximum absolute atomic E-state index is 3.53. The molecule has 1 aliphatic rings. The van der Waals surface area contributed by atoms with E-state index in [1.165, 1.54) is 42.9 Å². The summed E-state index contributed by atoms with van der Waals surface area (Å²) in [6.07, 6.45) is 6.62. The van der Waals surface area contributed by atoms with Crippen molar-refractivity contribution >= 4 is 11.4 Å². The first-order valence-electron chi connectivity index (χ1n) is 6.63. The van der Waals surface area contributed by atoms with E-state index in [4.69, 9.17) is 0 Å². The van der Waals surface area contributed by atoms with Gasteiger partial charge in [-0.2, -0.15) is 0 Å². The van der Waals surface area contributed by atoms with Crippen LogP contribution in [0.2, 0.25) is 0 Å². The molecule has 94 valence electrons. The monoisotopic (exact) mass is 241 g/mol. The first kappa shape index (κ1) is 11.2. The van der Waals surface area contributed by atoms with Crippen LogP contribution in [-0.4, -0.2) is 18.1 Å². The summed E-state index contributed by atoms with van der Waals surface area (Å²) >= 11 is 0. The van der Waals surface area contributed by atoms with Crippen molar-refractivity contribution in [2.24, 2.45) is 0 Å². The van der Waals surface area contributed by atoms with Crippen LogP contribution in [0.1, 0.15) is 18.4 Å². The maximum atomic E-state index is 3.53. The van der Waals surface area contributed by atoms with Crippen molar-refractivity contribution in [3.63, 3.8) is 0 Å². The van der Waals surface area contributed by atoms with Gasteiger partial charge in [-0.25, -0.2) is 0 Å². The molecule has 3 heteroatoms. The number of H-pyrrole nitrogens is 1. The van der Waals surface area contributed by atoms with Crippen molar-refractivity contribution in [2.75, 3.05) is 23.3 Å². The summed E-state index contributed by atoms with van der Waals surface area (Å²) in [6.45, 7) is 3.24. The summed E-state index contributed by atoms with van der Waals surface area (Å²) in [7, 11) is 0. The van der Waals surface area contributed by atoms with Crippen LogP contribution in [0.5, 0.6) is 0 Å². The highest BCUT2D eigenvalue weighted by molar-refractivity contribution is 5.70. The van der Waals surface area contributed by atoms with Gasteiger partial charge in [0.25, 0.3) is 0 Å². The predicted molar refractivity (Wildman–Crippen MR) is 76.0 cm³/mol. The molecule has 0 unspecified atom stereocenters. The van der Waals surface area contributed by atoms with Crippen LogP contribution in [0.25, 0.3) is 0 Å². The first-order valence-corrected chi connectivity index (χ1v) is 6.63. The van der Waals surface area contributed by atoms with Crippen molar-refractivity contribution in [3.8, 4) is 0 Å². The molecule has 3 rings (SSSR count). The molecule has 18 heavy (non-hydrogen) atoms. The van der Waals surface area contributed by atoms with E-state index in [0.29, 0.717) is 0 Å². The van der Waals surface area contributed by atoms with Crippen molar-refractivity contribution in [3.05, 3.63) is 48.3 Å². The number of rotatable bonds is 4. The van der Waals surface area contributed by atoms with Crippen LogP contribution in [-0.2, 0) is 6.54 Å². The zero-order chi connectivity index (χ0) is 12.2. The van der Waals surface area contributed by atoms with Crippen LogP contribution >= 0.6 is 0 Å². The molecule has 0 atom stereocenters. The van der Waals surface area contributed by atoms with Gasteiger partial charge in [0, 0.05) is 32.0 Å². The lowest BCUT2D eigenvalue weighted by Gasteiger charge is -2.21. The second kappa shape index (κ2) is 5.17. The van der Waals surface area contributed by atoms with Gasteiger partial charge in [-0.05, 0) is 36.6 Å². The first-order chi connectivity index (χ1) is 8.93. The lowest BCUT2D eigenvalue weighted by molar-refractivity contribution is 0.949. The Bertz CT molecular complexity index is 484. The SMILES string of the molecule is c1ccc(N2CCCC2)c(NCc2cc[nH]c2)c1. The molecule has 1 aliphatic heterocycles. The quantitative estimate of drug-likeness (QED) is 0.861. The van der Waals surface area contributed by atoms with Crippen molar-refractivity contribution in [1.82, 2.24) is 4.98 Å². The fourth-order valence-corrected chi connectivity index (χ4v) is 2.52. The van der Waals surface area contributed by atoms with E-state index < -0.39 is 0 Å². The smallest absolute Gasteiger partial charge is 0.0602 e. The third-order valence-corrected chi connectivity index (χ3v) is 3.50. The molecule has 1 aromatic carbocycles. The molecule has 2 N–H and O–H groups in total. The number of aromatic nitrogens is 1. The Morgan fingerprint density at radius 1 is 1.11 bits per heavy atom. The molecule has 0 amide bonds. The molecule has 2 heterocycles. The number of nitrogens with zero attached hydrogens (tertiary/aromatic N) is 1. The third-order valence-electron chi connectivity index (χ3n) is 3.50. The average molecular weight is 241 g/mol. The van der Waals surface area contributed by atoms with E-state index in [1.807, 2.05) is 12.4 Å². The summed E-state index contributed by atoms with van der Waals surface area (Å²) in [5.41, 5.74) is 3.86. The highest BCUT2D eigenvalue weighted by Gasteiger charge is 2.14. The number of nitrogens with one attached hydrogen (secondary N) is 2. The summed E-state index contributed by atoms with van der Waals surface area (Å²) in [6, 6.07) is 10.7. The van der Waals surface area contributed by atoms with Gasteiger partial charge in [-0.1, -0.05) is 12.1 Å². The Balaban J connectivity index is 1.74. The summed E-state index contributed by atoms with van der Waals surface area (Å²) in [5, 5.41) is 3.53. The zero-order valence-corrected chi connectivity index (χ0v) is 10.5. The third kappa shape index (κ3) is 2.35. The van der Waals surface area contributed by atoms with Crippen LogP contribution in [0, 0.1) is 0 Å². The predicted octanol–water partition coefficient (Wildman–Crippen LogP) is 3.23. The van der Waals surface area contributed by atoms with Gasteiger partial charge in [0.2, 0.25) is 0 Å². The van der Waals surface area contributed by atoms with Crippen molar-refractivity contribution < 1.29 is 0 Å². The van der Waals surface area contributed by atoms with E-state index >= 15 is 0 Å². The number of anilines is 2. The van der Waals surface area contributed by atoms with E-state index in [0.717, 1.165) is 6.54 Å². The summed E-state index contributed by atoms with van der Waals surface area (Å²) in [4.78, 5) is 5.56. The average Bonchev–Trinajstić information content (AvgIpc) is 3.10. The van der Waals surface area contributed by atoms with E-state index in [1.54, 1.807) is 0 Å². The molecule has 2 aromatic rings. The fraction of sp³-hybridized carbons (Fsp3) is 0.333. The number of para-hydroxylation sites is 2. The molecule has 1 aromatic heterocycles. The van der Waals surface area contributed by atoms with Crippen LogP contribution < -0.4 is 10.2 Å². The van der Waals surface area contributed by atoms with E-state index in [9.17, 15) is 0 Å². The van der Waals surface area contributed by atoms with Gasteiger partial charge in [-0.3, -0.25) is 0 Å². The van der Waals surface area contributed by atoms with Gasteiger partial charge in [0.15, 0.2) is 0 Å². The van der Waals surface area contributed by atoms with Crippen LogP contribution in [0.3, 0.4) is 0 Å². The minimum atomic E-state index is 0.869. The number of hydrogen-bond donors (Lipinski definition) is 2. The molecule has 0 aliphatic carbocycles. The van der Waals surface area contributed by atoms with Crippen molar-refractivity contribution in [1.29, 1.82) is 0 Å². The Labute approximate surface area is 108 Å². The highest BCUT2D eigenvalue weighted by Crippen LogP contribution is 2.28. The van der Waals surface area contributed by atoms with Gasteiger partial charge in [0.1, 0.15) is 0 Å². The second-order valence-electron chi connectivity index (χ2n) is 4.78. The van der Waals surface area contributed by atoms with Gasteiger partial charge in [0.05, 0.1) is 11.4 Å². The standard InChI is InChI=1S/C15H19N3/c1-2-6-15(18-9-3-4-10-18)14(5-1)17-12-13-7-8-16-11-13/h1-2,5-8,11,16-17H,3-4,9-10,12H2. The van der Waals surface area contributed by atoms with E-state index in [2.05, 4.69) is 45.5 Å². The zero-order valence-electron chi connectivity index (χ0n) is 10.5. The van der Waals surface area contributed by atoms with Crippen LogP contribution in [0.15, 0.2) is 42.7 Å². The Hall–Kier alpha value is -1.90. The Morgan fingerprint density at radius 2 is 1.94 bits per heavy atom. The molecule has 3 nitrogen and oxygen atoms in total. The second-order valence-corrected chi connectivity index (χ2v) is 4.78. The van der Waals surface area contributed by atoms with E-state index in [-0.39, 0.29) is 0 Å². The summed E-state index contributed by atoms with van der Waals surface area (Å²) in [5.74, 6) is 0. The topological polar surface area (TPSA) is 31.1 Å². The number of hydrogen-bond acceptors (Lipinski definition) is 2. The minimum absolute atomic E-state index is 0.869. The maximum Gasteiger partial charge on any atom is 0.0602 e. The van der Waals surface area contributed by atoms with Crippen molar-refractivity contribution in [2.45, 2.75) is 19.4 Å². The minimum Gasteiger partial charge on any atom is -0.379 e. The van der Waals surface area contributed by atoms with Gasteiger partial charge in [-0.15, -0.1) is 0 Å². The summed E-state index contributed by atoms with van der Waals surface area (Å²) < 4.78 is 0. The van der Waals surface area contributed by atoms with Gasteiger partial charge >= 0.3 is 0 Å². The number of benzene rings is 1. The fourth-order valence-electron chi connectivity index (χ4n) is 2.52. The molecular formula is C15H19N3. The van der Waals surface area contributed by atoms with Crippen LogP contribution in [0.4, 0.5) is 11.4 Å². The molecule has 0 saturated carbocycles. The molecule has 0 spiro atoms. The molecule has 0 radical (unpaired) electrons. The Morgan fingerprint density at radius 3 is 2.72 bits per heavy atom. The highest BCUT2D eigenvalue weighted by atomic mass is 15.2. The molecule has 1 saturated heterocycles. The lowest BCUT2D eigenvalue weighted by atomic mass is 10.2.